The van der Waals surface area contributed by atoms with Crippen molar-refractivity contribution >= 4 is 11.8 Å². The molecule has 0 amide bonds. The fraction of sp³-hybridized carbons (Fsp3) is 0.727. The number of hydrogen-bond donors (Lipinski definition) is 0. The van der Waals surface area contributed by atoms with E-state index < -0.39 is 0 Å². The van der Waals surface area contributed by atoms with E-state index in [0.29, 0.717) is 0 Å². The van der Waals surface area contributed by atoms with Crippen molar-refractivity contribution in [2.45, 2.75) is 69.2 Å². The van der Waals surface area contributed by atoms with Gasteiger partial charge in [0, 0.05) is 43.2 Å². The Kier molecular flexibility index (Phi) is 8.16. The first-order chi connectivity index (χ1) is 12.3. The van der Waals surface area contributed by atoms with Gasteiger partial charge in [0.1, 0.15) is 0 Å². The van der Waals surface area contributed by atoms with E-state index >= 15 is 0 Å². The van der Waals surface area contributed by atoms with Crippen LogP contribution in [0.5, 0.6) is 0 Å². The van der Waals surface area contributed by atoms with Crippen LogP contribution in [0.3, 0.4) is 0 Å². The first-order valence-electron chi connectivity index (χ1n) is 10.4. The predicted octanol–water partition coefficient (Wildman–Crippen LogP) is 5.04. The van der Waals surface area contributed by atoms with Crippen LogP contribution in [0.4, 0.5) is 0 Å². The molecule has 0 radical (unpaired) electrons. The molecule has 0 bridgehead atoms. The second-order valence-electron chi connectivity index (χ2n) is 7.96. The van der Waals surface area contributed by atoms with E-state index in [1.54, 1.807) is 0 Å². The Hall–Kier alpha value is -0.510. The average molecular weight is 361 g/mol. The van der Waals surface area contributed by atoms with Crippen molar-refractivity contribution in [2.75, 3.05) is 32.4 Å². The highest BCUT2D eigenvalue weighted by Gasteiger charge is 2.30. The molecule has 2 saturated carbocycles. The Bertz CT molecular complexity index is 450. The molecule has 3 rings (SSSR count). The van der Waals surface area contributed by atoms with Gasteiger partial charge >= 0.3 is 0 Å². The van der Waals surface area contributed by atoms with Crippen molar-refractivity contribution in [3.05, 3.63) is 35.9 Å². The van der Waals surface area contributed by atoms with Gasteiger partial charge in [-0.15, -0.1) is 0 Å². The largest absolute Gasteiger partial charge is 0.304 e. The van der Waals surface area contributed by atoms with Gasteiger partial charge in [-0.3, -0.25) is 4.90 Å². The summed E-state index contributed by atoms with van der Waals surface area (Å²) in [5, 5.41) is 0. The molecule has 0 heterocycles. The second-order valence-corrected chi connectivity index (χ2v) is 9.06. The maximum absolute atomic E-state index is 2.91. The van der Waals surface area contributed by atoms with Crippen molar-refractivity contribution in [1.29, 1.82) is 0 Å². The monoisotopic (exact) mass is 360 g/mol. The van der Waals surface area contributed by atoms with Gasteiger partial charge in [0.05, 0.1) is 0 Å². The van der Waals surface area contributed by atoms with E-state index in [2.05, 4.69) is 58.9 Å². The van der Waals surface area contributed by atoms with E-state index in [-0.39, 0.29) is 0 Å². The van der Waals surface area contributed by atoms with E-state index in [9.17, 15) is 0 Å². The maximum Gasteiger partial charge on any atom is 0.0185 e. The molecule has 0 aliphatic heterocycles. The number of thioether (sulfide) groups is 1. The number of hydrogen-bond acceptors (Lipinski definition) is 3. The molecule has 3 heteroatoms. The van der Waals surface area contributed by atoms with Crippen LogP contribution in [-0.4, -0.2) is 54.3 Å². The Labute approximate surface area is 159 Å². The van der Waals surface area contributed by atoms with Crippen LogP contribution in [0.2, 0.25) is 0 Å². The third-order valence-electron chi connectivity index (χ3n) is 6.06. The van der Waals surface area contributed by atoms with Crippen LogP contribution < -0.4 is 0 Å². The van der Waals surface area contributed by atoms with Gasteiger partial charge in [-0.2, -0.15) is 11.8 Å². The minimum absolute atomic E-state index is 0.893. The Morgan fingerprint density at radius 3 is 2.04 bits per heavy atom. The van der Waals surface area contributed by atoms with Crippen LogP contribution in [0, 0.1) is 0 Å². The van der Waals surface area contributed by atoms with E-state index in [4.69, 9.17) is 0 Å². The molecule has 0 spiro atoms. The molecule has 1 aromatic carbocycles. The van der Waals surface area contributed by atoms with Crippen molar-refractivity contribution in [1.82, 2.24) is 9.80 Å². The van der Waals surface area contributed by atoms with E-state index in [0.717, 1.165) is 17.8 Å². The molecule has 0 unspecified atom stereocenters. The van der Waals surface area contributed by atoms with Crippen LogP contribution in [0.1, 0.15) is 56.9 Å². The summed E-state index contributed by atoms with van der Waals surface area (Å²) in [5.41, 5.74) is 1.45. The number of benzene rings is 1. The summed E-state index contributed by atoms with van der Waals surface area (Å²) in [4.78, 5) is 5.46. The minimum atomic E-state index is 0.893. The van der Waals surface area contributed by atoms with Gasteiger partial charge in [-0.05, 0) is 38.3 Å². The summed E-state index contributed by atoms with van der Waals surface area (Å²) < 4.78 is 0. The van der Waals surface area contributed by atoms with E-state index in [1.807, 2.05) is 0 Å². The molecule has 0 aromatic heterocycles. The van der Waals surface area contributed by atoms with Gasteiger partial charge in [0.15, 0.2) is 0 Å². The van der Waals surface area contributed by atoms with Gasteiger partial charge in [0.2, 0.25) is 0 Å². The Balaban J connectivity index is 1.35. The summed E-state index contributed by atoms with van der Waals surface area (Å²) >= 11 is 2.06. The molecular formula is C22H36N2S. The fourth-order valence-corrected chi connectivity index (χ4v) is 5.53. The summed E-state index contributed by atoms with van der Waals surface area (Å²) in [6.07, 6.45) is 11.6. The zero-order valence-electron chi connectivity index (χ0n) is 16.0. The number of nitrogens with zero attached hydrogens (tertiary/aromatic N) is 2. The number of rotatable bonds is 10. The molecule has 2 aliphatic rings. The topological polar surface area (TPSA) is 6.48 Å². The standard InChI is InChI=1S/C22H36N2S/c1-23(17-18-25-19-20-9-3-2-4-10-20)15-16-24(21-11-5-6-12-21)22-13-7-8-14-22/h2-4,9-10,21-22H,5-8,11-19H2,1H3. The lowest BCUT2D eigenvalue weighted by Crippen LogP contribution is -2.44. The Morgan fingerprint density at radius 2 is 1.44 bits per heavy atom. The van der Waals surface area contributed by atoms with Crippen LogP contribution >= 0.6 is 11.8 Å². The molecule has 2 fully saturated rings. The van der Waals surface area contributed by atoms with Crippen LogP contribution in [-0.2, 0) is 5.75 Å². The quantitative estimate of drug-likeness (QED) is 0.540. The summed E-state index contributed by atoms with van der Waals surface area (Å²) in [7, 11) is 2.31. The lowest BCUT2D eigenvalue weighted by atomic mass is 10.1. The SMILES string of the molecule is CN(CCSCc1ccccc1)CCN(C1CCCC1)C1CCCC1. The summed E-state index contributed by atoms with van der Waals surface area (Å²) in [5.74, 6) is 2.38. The smallest absolute Gasteiger partial charge is 0.0185 e. The zero-order valence-corrected chi connectivity index (χ0v) is 16.9. The fourth-order valence-electron chi connectivity index (χ4n) is 4.52. The molecule has 0 atom stereocenters. The van der Waals surface area contributed by atoms with Gasteiger partial charge in [0.25, 0.3) is 0 Å². The predicted molar refractivity (Wildman–Crippen MR) is 111 cm³/mol. The molecule has 2 nitrogen and oxygen atoms in total. The molecule has 0 saturated heterocycles. The molecule has 140 valence electrons. The third kappa shape index (κ3) is 6.30. The first kappa shape index (κ1) is 19.3. The zero-order chi connectivity index (χ0) is 17.3. The van der Waals surface area contributed by atoms with Crippen LogP contribution in [0.15, 0.2) is 30.3 Å². The first-order valence-corrected chi connectivity index (χ1v) is 11.5. The molecular weight excluding hydrogens is 324 g/mol. The molecule has 0 N–H and O–H groups in total. The van der Waals surface area contributed by atoms with Crippen molar-refractivity contribution < 1.29 is 0 Å². The van der Waals surface area contributed by atoms with E-state index in [1.165, 1.54) is 82.3 Å². The van der Waals surface area contributed by atoms with Crippen molar-refractivity contribution in [2.24, 2.45) is 0 Å². The Morgan fingerprint density at radius 1 is 0.840 bits per heavy atom. The summed E-state index contributed by atoms with van der Waals surface area (Å²) in [6.45, 7) is 3.73. The highest BCUT2D eigenvalue weighted by atomic mass is 32.2. The van der Waals surface area contributed by atoms with Gasteiger partial charge < -0.3 is 4.90 Å². The van der Waals surface area contributed by atoms with Crippen molar-refractivity contribution in [3.63, 3.8) is 0 Å². The lowest BCUT2D eigenvalue weighted by molar-refractivity contribution is 0.122. The van der Waals surface area contributed by atoms with Gasteiger partial charge in [-0.1, -0.05) is 56.0 Å². The highest BCUT2D eigenvalue weighted by molar-refractivity contribution is 7.98. The summed E-state index contributed by atoms with van der Waals surface area (Å²) in [6, 6.07) is 12.6. The van der Waals surface area contributed by atoms with Crippen molar-refractivity contribution in [3.8, 4) is 0 Å². The number of likely N-dealkylation sites (N-methyl/N-ethyl adjacent to an activating group) is 1. The van der Waals surface area contributed by atoms with Gasteiger partial charge in [-0.25, -0.2) is 0 Å². The molecule has 1 aromatic rings. The van der Waals surface area contributed by atoms with Crippen LogP contribution in [0.25, 0.3) is 0 Å². The normalized spacial score (nSPS) is 19.5. The second kappa shape index (κ2) is 10.6. The highest BCUT2D eigenvalue weighted by Crippen LogP contribution is 2.31. The lowest BCUT2D eigenvalue weighted by Gasteiger charge is -2.35. The minimum Gasteiger partial charge on any atom is -0.304 e. The average Bonchev–Trinajstić information content (AvgIpc) is 3.34. The maximum atomic E-state index is 2.91. The third-order valence-corrected chi connectivity index (χ3v) is 7.06. The molecule has 2 aliphatic carbocycles. The molecule has 25 heavy (non-hydrogen) atoms.